The van der Waals surface area contributed by atoms with Gasteiger partial charge in [0.15, 0.2) is 5.96 Å². The predicted octanol–water partition coefficient (Wildman–Crippen LogP) is 1.63. The number of guanidine groups is 1. The molecule has 23 heavy (non-hydrogen) atoms. The zero-order valence-corrected chi connectivity index (χ0v) is 15.8. The zero-order chi connectivity index (χ0) is 16.2. The maximum Gasteiger partial charge on any atom is 0.401 e. The molecule has 2 rings (SSSR count). The van der Waals surface area contributed by atoms with Crippen molar-refractivity contribution in [2.24, 2.45) is 10.7 Å². The molecule has 0 bridgehead atoms. The second-order valence-corrected chi connectivity index (χ2v) is 6.13. The average Bonchev–Trinajstić information content (AvgIpc) is 3.03. The third kappa shape index (κ3) is 7.00. The number of rotatable bonds is 5. The third-order valence-electron chi connectivity index (χ3n) is 4.40. The van der Waals surface area contributed by atoms with Crippen LogP contribution in [0.4, 0.5) is 13.2 Å². The van der Waals surface area contributed by atoms with E-state index >= 15 is 0 Å². The van der Waals surface area contributed by atoms with Gasteiger partial charge >= 0.3 is 6.18 Å². The van der Waals surface area contributed by atoms with Crippen LogP contribution in [0.5, 0.6) is 0 Å². The first-order chi connectivity index (χ1) is 10.4. The van der Waals surface area contributed by atoms with Gasteiger partial charge < -0.3 is 11.1 Å². The first-order valence-corrected chi connectivity index (χ1v) is 7.97. The quantitative estimate of drug-likeness (QED) is 0.381. The maximum atomic E-state index is 12.3. The van der Waals surface area contributed by atoms with Crippen LogP contribution in [-0.4, -0.2) is 73.3 Å². The molecule has 2 atom stereocenters. The molecule has 2 saturated heterocycles. The van der Waals surface area contributed by atoms with E-state index in [1.165, 1.54) is 11.3 Å². The normalized spacial score (nSPS) is 27.2. The van der Waals surface area contributed by atoms with Crippen LogP contribution in [-0.2, 0) is 0 Å². The minimum Gasteiger partial charge on any atom is -0.370 e. The molecule has 2 fully saturated rings. The van der Waals surface area contributed by atoms with Crippen molar-refractivity contribution in [2.75, 3.05) is 39.3 Å². The largest absolute Gasteiger partial charge is 0.401 e. The van der Waals surface area contributed by atoms with E-state index in [9.17, 15) is 13.2 Å². The fraction of sp³-hybridized carbons (Fsp3) is 0.929. The Bertz CT molecular complexity index is 391. The number of likely N-dealkylation sites (N-methyl/N-ethyl adjacent to an activating group) is 1. The molecular weight excluding hydrogens is 422 g/mol. The molecule has 9 heteroatoms. The molecule has 3 N–H and O–H groups in total. The molecule has 0 aromatic heterocycles. The highest BCUT2D eigenvalue weighted by molar-refractivity contribution is 14.0. The number of nitrogens with one attached hydrogen (secondary N) is 1. The summed E-state index contributed by atoms with van der Waals surface area (Å²) in [5, 5.41) is 3.05. The van der Waals surface area contributed by atoms with E-state index in [1.807, 2.05) is 0 Å². The Kier molecular flexibility index (Phi) is 8.36. The molecule has 2 aliphatic heterocycles. The van der Waals surface area contributed by atoms with E-state index in [1.54, 1.807) is 0 Å². The number of aliphatic imine (C=N–C) groups is 1. The summed E-state index contributed by atoms with van der Waals surface area (Å²) in [6.45, 7) is 4.87. The van der Waals surface area contributed by atoms with E-state index in [4.69, 9.17) is 5.73 Å². The fourth-order valence-electron chi connectivity index (χ4n) is 3.32. The number of nitrogens with zero attached hydrogens (tertiary/aromatic N) is 3. The van der Waals surface area contributed by atoms with Gasteiger partial charge in [-0.15, -0.1) is 24.0 Å². The Morgan fingerprint density at radius 2 is 2.04 bits per heavy atom. The smallest absolute Gasteiger partial charge is 0.370 e. The molecule has 0 aromatic rings. The van der Waals surface area contributed by atoms with Crippen LogP contribution in [0, 0.1) is 0 Å². The third-order valence-corrected chi connectivity index (χ3v) is 4.40. The number of likely N-dealkylation sites (tertiary alicyclic amines) is 2. The van der Waals surface area contributed by atoms with Gasteiger partial charge in [-0.2, -0.15) is 13.2 Å². The summed E-state index contributed by atoms with van der Waals surface area (Å²) in [6.07, 6.45) is -1.15. The molecule has 0 aromatic carbocycles. The van der Waals surface area contributed by atoms with Gasteiger partial charge in [0.05, 0.1) is 13.1 Å². The molecule has 5 nitrogen and oxygen atoms in total. The van der Waals surface area contributed by atoms with Gasteiger partial charge in [-0.1, -0.05) is 6.92 Å². The summed E-state index contributed by atoms with van der Waals surface area (Å²) < 4.78 is 37.0. The Labute approximate surface area is 152 Å². The van der Waals surface area contributed by atoms with Gasteiger partial charge in [-0.05, 0) is 32.4 Å². The highest BCUT2D eigenvalue weighted by Crippen LogP contribution is 2.20. The van der Waals surface area contributed by atoms with Crippen molar-refractivity contribution in [3.63, 3.8) is 0 Å². The summed E-state index contributed by atoms with van der Waals surface area (Å²) in [5.74, 6) is 0.349. The SMILES string of the molecule is CCN1CCCC1CN=C(N)NC1CCN(CC(F)(F)F)C1.I. The highest BCUT2D eigenvalue weighted by Gasteiger charge is 2.34. The molecule has 136 valence electrons. The lowest BCUT2D eigenvalue weighted by Crippen LogP contribution is -2.43. The average molecular weight is 449 g/mol. The minimum absolute atomic E-state index is 0. The lowest BCUT2D eigenvalue weighted by atomic mass is 10.2. The summed E-state index contributed by atoms with van der Waals surface area (Å²) in [7, 11) is 0. The van der Waals surface area contributed by atoms with Crippen molar-refractivity contribution < 1.29 is 13.2 Å². The number of nitrogens with two attached hydrogens (primary N) is 1. The lowest BCUT2D eigenvalue weighted by Gasteiger charge is -2.21. The Hall–Kier alpha value is -0.290. The van der Waals surface area contributed by atoms with E-state index in [0.29, 0.717) is 38.1 Å². The molecule has 2 aliphatic rings. The molecule has 0 radical (unpaired) electrons. The Balaban J connectivity index is 0.00000264. The maximum absolute atomic E-state index is 12.3. The number of halogens is 4. The van der Waals surface area contributed by atoms with Crippen molar-refractivity contribution in [3.8, 4) is 0 Å². The summed E-state index contributed by atoms with van der Waals surface area (Å²) in [4.78, 5) is 8.16. The van der Waals surface area contributed by atoms with Crippen LogP contribution >= 0.6 is 24.0 Å². The molecule has 0 aliphatic carbocycles. The second kappa shape index (κ2) is 9.26. The predicted molar refractivity (Wildman–Crippen MR) is 96.2 cm³/mol. The Morgan fingerprint density at radius 1 is 1.30 bits per heavy atom. The second-order valence-electron chi connectivity index (χ2n) is 6.13. The summed E-state index contributed by atoms with van der Waals surface area (Å²) in [6, 6.07) is 0.396. The van der Waals surface area contributed by atoms with Crippen LogP contribution in [0.3, 0.4) is 0 Å². The van der Waals surface area contributed by atoms with E-state index < -0.39 is 12.7 Å². The highest BCUT2D eigenvalue weighted by atomic mass is 127. The van der Waals surface area contributed by atoms with E-state index in [-0.39, 0.29) is 30.0 Å². The van der Waals surface area contributed by atoms with Crippen molar-refractivity contribution in [1.82, 2.24) is 15.1 Å². The minimum atomic E-state index is -4.14. The van der Waals surface area contributed by atoms with Crippen LogP contribution < -0.4 is 11.1 Å². The molecule has 2 heterocycles. The van der Waals surface area contributed by atoms with Crippen molar-refractivity contribution in [2.45, 2.75) is 44.4 Å². The summed E-state index contributed by atoms with van der Waals surface area (Å²) in [5.41, 5.74) is 5.87. The van der Waals surface area contributed by atoms with Gasteiger partial charge in [-0.25, -0.2) is 0 Å². The number of hydrogen-bond donors (Lipinski definition) is 2. The van der Waals surface area contributed by atoms with Crippen LogP contribution in [0.2, 0.25) is 0 Å². The topological polar surface area (TPSA) is 56.9 Å². The van der Waals surface area contributed by atoms with E-state index in [2.05, 4.69) is 22.1 Å². The van der Waals surface area contributed by atoms with Crippen LogP contribution in [0.15, 0.2) is 4.99 Å². The van der Waals surface area contributed by atoms with E-state index in [0.717, 1.165) is 19.5 Å². The molecule has 0 amide bonds. The zero-order valence-electron chi connectivity index (χ0n) is 13.5. The first-order valence-electron chi connectivity index (χ1n) is 7.97. The Morgan fingerprint density at radius 3 is 2.70 bits per heavy atom. The van der Waals surface area contributed by atoms with Crippen LogP contribution in [0.25, 0.3) is 0 Å². The van der Waals surface area contributed by atoms with Crippen molar-refractivity contribution in [3.05, 3.63) is 0 Å². The molecule has 2 unspecified atom stereocenters. The van der Waals surface area contributed by atoms with Gasteiger partial charge in [0.25, 0.3) is 0 Å². The van der Waals surface area contributed by atoms with Crippen LogP contribution in [0.1, 0.15) is 26.2 Å². The monoisotopic (exact) mass is 449 g/mol. The van der Waals surface area contributed by atoms with Gasteiger partial charge in [0.2, 0.25) is 0 Å². The van der Waals surface area contributed by atoms with Gasteiger partial charge in [-0.3, -0.25) is 14.8 Å². The van der Waals surface area contributed by atoms with Gasteiger partial charge in [0, 0.05) is 25.2 Å². The first kappa shape index (κ1) is 20.8. The lowest BCUT2D eigenvalue weighted by molar-refractivity contribution is -0.143. The standard InChI is InChI=1S/C14H26F3N5.HI/c1-2-22-6-3-4-12(22)8-19-13(18)20-11-5-7-21(9-11)10-14(15,16)17;/h11-12H,2-10H2,1H3,(H3,18,19,20);1H. The fourth-order valence-corrected chi connectivity index (χ4v) is 3.32. The van der Waals surface area contributed by atoms with Gasteiger partial charge in [0.1, 0.15) is 0 Å². The number of hydrogen-bond acceptors (Lipinski definition) is 3. The summed E-state index contributed by atoms with van der Waals surface area (Å²) >= 11 is 0. The molecule has 0 spiro atoms. The van der Waals surface area contributed by atoms with Crippen molar-refractivity contribution >= 4 is 29.9 Å². The number of alkyl halides is 3. The molecule has 0 saturated carbocycles. The van der Waals surface area contributed by atoms with Crippen molar-refractivity contribution in [1.29, 1.82) is 0 Å². The molecular formula is C14H27F3IN5.